The third-order valence-electron chi connectivity index (χ3n) is 5.44. The number of benzene rings is 1. The van der Waals surface area contributed by atoms with Crippen LogP contribution in [0.5, 0.6) is 0 Å². The summed E-state index contributed by atoms with van der Waals surface area (Å²) in [7, 11) is -3.58. The van der Waals surface area contributed by atoms with E-state index in [0.29, 0.717) is 26.0 Å². The van der Waals surface area contributed by atoms with Crippen molar-refractivity contribution in [3.05, 3.63) is 54.4 Å². The topological polar surface area (TPSA) is 85.8 Å². The summed E-state index contributed by atoms with van der Waals surface area (Å²) in [6, 6.07) is 10.5. The van der Waals surface area contributed by atoms with Crippen molar-refractivity contribution >= 4 is 22.0 Å². The second-order valence-electron chi connectivity index (χ2n) is 7.23. The molecule has 2 aromatic rings. The molecule has 8 heteroatoms. The van der Waals surface area contributed by atoms with Crippen LogP contribution in [0.15, 0.2) is 53.7 Å². The lowest BCUT2D eigenvalue weighted by Gasteiger charge is -2.45. The SMILES string of the molecule is Cc1cccc([S+](=O)([O-])N2CCC3(CC2)OCCN(c2cccnc2)C3=O)c1. The number of anilines is 1. The van der Waals surface area contributed by atoms with Gasteiger partial charge in [-0.2, -0.15) is 0 Å². The number of hydrogen-bond acceptors (Lipinski definition) is 5. The van der Waals surface area contributed by atoms with Crippen LogP contribution in [0.3, 0.4) is 0 Å². The van der Waals surface area contributed by atoms with E-state index in [0.717, 1.165) is 11.3 Å². The van der Waals surface area contributed by atoms with Crippen LogP contribution in [-0.4, -0.2) is 51.6 Å². The molecule has 4 rings (SSSR count). The van der Waals surface area contributed by atoms with Crippen molar-refractivity contribution in [2.75, 3.05) is 31.1 Å². The minimum absolute atomic E-state index is 0.112. The predicted molar refractivity (Wildman–Crippen MR) is 104 cm³/mol. The molecule has 1 aromatic carbocycles. The van der Waals surface area contributed by atoms with Crippen LogP contribution in [0.4, 0.5) is 5.69 Å². The monoisotopic (exact) mass is 401 g/mol. The lowest BCUT2D eigenvalue weighted by atomic mass is 9.89. The van der Waals surface area contributed by atoms with E-state index in [2.05, 4.69) is 4.98 Å². The van der Waals surface area contributed by atoms with Gasteiger partial charge in [0.2, 0.25) is 0 Å². The van der Waals surface area contributed by atoms with Crippen molar-refractivity contribution in [2.24, 2.45) is 0 Å². The first-order chi connectivity index (χ1) is 13.4. The smallest absolute Gasteiger partial charge is 0.259 e. The normalized spacial score (nSPS) is 22.2. The van der Waals surface area contributed by atoms with E-state index in [1.807, 2.05) is 19.1 Å². The number of aromatic nitrogens is 1. The fraction of sp³-hybridized carbons (Fsp3) is 0.400. The van der Waals surface area contributed by atoms with Gasteiger partial charge in [0.15, 0.2) is 15.3 Å². The highest BCUT2D eigenvalue weighted by Crippen LogP contribution is 2.36. The molecule has 2 saturated heterocycles. The van der Waals surface area contributed by atoms with E-state index in [-0.39, 0.29) is 23.9 Å². The van der Waals surface area contributed by atoms with Gasteiger partial charge >= 0.3 is 0 Å². The molecular formula is C20H23N3O4S. The molecule has 7 nitrogen and oxygen atoms in total. The van der Waals surface area contributed by atoms with E-state index in [9.17, 15) is 13.6 Å². The van der Waals surface area contributed by atoms with Gasteiger partial charge < -0.3 is 14.2 Å². The molecule has 3 heterocycles. The quantitative estimate of drug-likeness (QED) is 0.736. The van der Waals surface area contributed by atoms with Crippen molar-refractivity contribution < 1.29 is 18.3 Å². The molecule has 0 aliphatic carbocycles. The Morgan fingerprint density at radius 2 is 1.96 bits per heavy atom. The molecule has 1 atom stereocenters. The zero-order valence-corrected chi connectivity index (χ0v) is 16.6. The molecule has 2 fully saturated rings. The van der Waals surface area contributed by atoms with E-state index in [1.165, 1.54) is 4.31 Å². The summed E-state index contributed by atoms with van der Waals surface area (Å²) in [5, 5.41) is 0. The number of nitrogens with zero attached hydrogens (tertiary/aromatic N) is 3. The van der Waals surface area contributed by atoms with Gasteiger partial charge in [-0.05, 0) is 36.8 Å². The average Bonchev–Trinajstić information content (AvgIpc) is 2.71. The molecule has 1 unspecified atom stereocenters. The lowest BCUT2D eigenvalue weighted by molar-refractivity contribution is -0.156. The number of hydrogen-bond donors (Lipinski definition) is 0. The van der Waals surface area contributed by atoms with Crippen molar-refractivity contribution in [1.82, 2.24) is 9.29 Å². The Labute approximate surface area is 165 Å². The van der Waals surface area contributed by atoms with Gasteiger partial charge in [-0.15, -0.1) is 4.31 Å². The Balaban J connectivity index is 1.51. The summed E-state index contributed by atoms with van der Waals surface area (Å²) in [4.78, 5) is 19.3. The van der Waals surface area contributed by atoms with Crippen molar-refractivity contribution in [2.45, 2.75) is 30.3 Å². The number of morpholine rings is 1. The van der Waals surface area contributed by atoms with Crippen molar-refractivity contribution in [3.8, 4) is 0 Å². The first kappa shape index (κ1) is 19.2. The summed E-state index contributed by atoms with van der Waals surface area (Å²) < 4.78 is 33.3. The molecular weight excluding hydrogens is 378 g/mol. The third kappa shape index (κ3) is 3.37. The minimum Gasteiger partial charge on any atom is -0.593 e. The number of carbonyl (C=O) groups is 1. The Morgan fingerprint density at radius 1 is 1.18 bits per heavy atom. The second kappa shape index (κ2) is 7.36. The largest absolute Gasteiger partial charge is 0.593 e. The molecule has 1 aromatic heterocycles. The van der Waals surface area contributed by atoms with Gasteiger partial charge in [-0.3, -0.25) is 9.78 Å². The van der Waals surface area contributed by atoms with E-state index in [4.69, 9.17) is 4.74 Å². The van der Waals surface area contributed by atoms with Crippen LogP contribution >= 0.6 is 0 Å². The molecule has 1 amide bonds. The maximum atomic E-state index is 13.2. The Bertz CT molecular complexity index is 913. The summed E-state index contributed by atoms with van der Waals surface area (Å²) in [6.45, 7) is 3.26. The Hall–Kier alpha value is -2.13. The second-order valence-corrected chi connectivity index (χ2v) is 9.17. The highest BCUT2D eigenvalue weighted by atomic mass is 32.3. The average molecular weight is 401 g/mol. The standard InChI is InChI=1S/C20H23N3O4S/c1-16-4-2-6-18(14-16)28(25,26)22-10-7-20(8-11-22)19(24)23(12-13-27-20)17-5-3-9-21-15-17/h2-6,9,14-15H,7-8,10-13H2,1H3. The number of piperidine rings is 1. The van der Waals surface area contributed by atoms with Crippen LogP contribution in [0.1, 0.15) is 18.4 Å². The van der Waals surface area contributed by atoms with Gasteiger partial charge in [-0.1, -0.05) is 16.3 Å². The lowest BCUT2D eigenvalue weighted by Crippen LogP contribution is -2.61. The number of aryl methyl sites for hydroxylation is 1. The van der Waals surface area contributed by atoms with E-state index >= 15 is 0 Å². The van der Waals surface area contributed by atoms with Crippen molar-refractivity contribution in [1.29, 1.82) is 0 Å². The van der Waals surface area contributed by atoms with Crippen LogP contribution < -0.4 is 4.90 Å². The summed E-state index contributed by atoms with van der Waals surface area (Å²) in [5.74, 6) is -0.112. The van der Waals surface area contributed by atoms with Gasteiger partial charge in [0, 0.05) is 38.7 Å². The molecule has 0 N–H and O–H groups in total. The Kier molecular flexibility index (Phi) is 5.05. The molecule has 0 radical (unpaired) electrons. The van der Waals surface area contributed by atoms with Gasteiger partial charge in [-0.25, -0.2) is 0 Å². The Morgan fingerprint density at radius 3 is 2.64 bits per heavy atom. The number of ether oxygens (including phenoxy) is 1. The molecule has 0 bridgehead atoms. The van der Waals surface area contributed by atoms with Gasteiger partial charge in [0.25, 0.3) is 5.91 Å². The third-order valence-corrected chi connectivity index (χ3v) is 7.34. The summed E-state index contributed by atoms with van der Waals surface area (Å²) >= 11 is 0. The number of rotatable bonds is 3. The van der Waals surface area contributed by atoms with Gasteiger partial charge in [0.1, 0.15) is 5.60 Å². The predicted octanol–water partition coefficient (Wildman–Crippen LogP) is 2.19. The molecule has 0 saturated carbocycles. The van der Waals surface area contributed by atoms with Gasteiger partial charge in [0.05, 0.1) is 18.5 Å². The maximum absolute atomic E-state index is 13.2. The fourth-order valence-electron chi connectivity index (χ4n) is 3.87. The van der Waals surface area contributed by atoms with E-state index in [1.54, 1.807) is 41.6 Å². The zero-order valence-electron chi connectivity index (χ0n) is 15.7. The number of amides is 1. The highest BCUT2D eigenvalue weighted by molar-refractivity contribution is 7.95. The number of sulfonamides is 1. The first-order valence-corrected chi connectivity index (χ1v) is 10.8. The van der Waals surface area contributed by atoms with Crippen LogP contribution in [0, 0.1) is 6.92 Å². The molecule has 2 aliphatic rings. The molecule has 148 valence electrons. The number of carbonyl (C=O) groups excluding carboxylic acids is 1. The molecule has 2 aliphatic heterocycles. The van der Waals surface area contributed by atoms with Crippen LogP contribution in [0.2, 0.25) is 0 Å². The number of pyridine rings is 1. The summed E-state index contributed by atoms with van der Waals surface area (Å²) in [5.41, 5.74) is 0.671. The molecule has 28 heavy (non-hydrogen) atoms. The van der Waals surface area contributed by atoms with Crippen LogP contribution in [0.25, 0.3) is 0 Å². The fourth-order valence-corrected chi connectivity index (χ4v) is 5.42. The molecule has 1 spiro atoms. The van der Waals surface area contributed by atoms with Crippen LogP contribution in [-0.2, 0) is 24.1 Å². The maximum Gasteiger partial charge on any atom is 0.259 e. The zero-order chi connectivity index (χ0) is 19.8. The van der Waals surface area contributed by atoms with Crippen molar-refractivity contribution in [3.63, 3.8) is 0 Å². The highest BCUT2D eigenvalue weighted by Gasteiger charge is 2.50. The first-order valence-electron chi connectivity index (χ1n) is 9.35. The minimum atomic E-state index is -3.58. The summed E-state index contributed by atoms with van der Waals surface area (Å²) in [6.07, 6.45) is 4.01. The van der Waals surface area contributed by atoms with E-state index < -0.39 is 16.0 Å².